The van der Waals surface area contributed by atoms with E-state index < -0.39 is 11.0 Å². The molecule has 0 aliphatic carbocycles. The van der Waals surface area contributed by atoms with Crippen molar-refractivity contribution in [3.8, 4) is 0 Å². The third-order valence-electron chi connectivity index (χ3n) is 0.835. The van der Waals surface area contributed by atoms with Gasteiger partial charge in [0, 0.05) is 11.0 Å². The van der Waals surface area contributed by atoms with Gasteiger partial charge in [-0.05, 0) is 6.92 Å². The lowest BCUT2D eigenvalue weighted by molar-refractivity contribution is -0.115. The predicted molar refractivity (Wildman–Crippen MR) is 30.0 cm³/mol. The molecule has 0 fully saturated rings. The predicted octanol–water partition coefficient (Wildman–Crippen LogP) is -0.316. The van der Waals surface area contributed by atoms with Crippen LogP contribution in [-0.4, -0.2) is 10.1 Å². The Morgan fingerprint density at radius 1 is 1.75 bits per heavy atom. The van der Waals surface area contributed by atoms with Crippen LogP contribution >= 0.6 is 0 Å². The first-order valence-corrected chi connectivity index (χ1v) is 3.31. The zero-order chi connectivity index (χ0) is 6.15. The molecule has 0 saturated carbocycles. The van der Waals surface area contributed by atoms with E-state index in [1.807, 2.05) is 0 Å². The fourth-order valence-corrected chi connectivity index (χ4v) is 1.25. The Kier molecular flexibility index (Phi) is 1.17. The van der Waals surface area contributed by atoms with E-state index >= 15 is 0 Å². The van der Waals surface area contributed by atoms with Crippen LogP contribution in [0.2, 0.25) is 0 Å². The largest absolute Gasteiger partial charge is 0.269 e. The molecule has 0 bridgehead atoms. The molecule has 0 spiro atoms. The minimum Gasteiger partial charge on any atom is -0.269 e. The molecule has 1 N–H and O–H groups in total. The summed E-state index contributed by atoms with van der Waals surface area (Å²) in [6, 6.07) is 0. The van der Waals surface area contributed by atoms with E-state index in [0.717, 1.165) is 0 Å². The molecule has 0 aromatic carbocycles. The molecule has 0 aromatic heterocycles. The van der Waals surface area contributed by atoms with Crippen molar-refractivity contribution >= 4 is 16.9 Å². The van der Waals surface area contributed by atoms with E-state index in [4.69, 9.17) is 0 Å². The van der Waals surface area contributed by atoms with Gasteiger partial charge >= 0.3 is 0 Å². The van der Waals surface area contributed by atoms with Crippen LogP contribution in [0.25, 0.3) is 0 Å². The lowest BCUT2D eigenvalue weighted by Gasteiger charge is -1.84. The number of carbonyl (C=O) groups excluding carboxylic acids is 1. The van der Waals surface area contributed by atoms with E-state index in [9.17, 15) is 9.00 Å². The number of hydrogen-bond acceptors (Lipinski definition) is 2. The SMILES string of the molecule is CC1=CS(=O)NC1=O. The van der Waals surface area contributed by atoms with Gasteiger partial charge in [0.2, 0.25) is 0 Å². The summed E-state index contributed by atoms with van der Waals surface area (Å²) < 4.78 is 12.6. The normalized spacial score (nSPS) is 27.4. The Labute approximate surface area is 49.4 Å². The maximum Gasteiger partial charge on any atom is 0.259 e. The van der Waals surface area contributed by atoms with Gasteiger partial charge in [-0.15, -0.1) is 0 Å². The smallest absolute Gasteiger partial charge is 0.259 e. The van der Waals surface area contributed by atoms with Gasteiger partial charge in [-0.25, -0.2) is 4.21 Å². The molecule has 0 aromatic rings. The van der Waals surface area contributed by atoms with Gasteiger partial charge < -0.3 is 0 Å². The third kappa shape index (κ3) is 0.790. The molecule has 1 aliphatic heterocycles. The molecule has 1 amide bonds. The van der Waals surface area contributed by atoms with E-state index in [-0.39, 0.29) is 5.91 Å². The van der Waals surface area contributed by atoms with Crippen molar-refractivity contribution in [1.29, 1.82) is 0 Å². The number of carbonyl (C=O) groups is 1. The number of hydrogen-bond donors (Lipinski definition) is 1. The molecule has 1 unspecified atom stereocenters. The topological polar surface area (TPSA) is 46.2 Å². The summed E-state index contributed by atoms with van der Waals surface area (Å²) in [6.45, 7) is 1.63. The van der Waals surface area contributed by atoms with Crippen LogP contribution < -0.4 is 4.72 Å². The molecule has 1 aliphatic rings. The second-order valence-electron chi connectivity index (χ2n) is 1.53. The quantitative estimate of drug-likeness (QED) is 0.490. The van der Waals surface area contributed by atoms with Gasteiger partial charge in [0.15, 0.2) is 0 Å². The van der Waals surface area contributed by atoms with Crippen molar-refractivity contribution in [2.24, 2.45) is 0 Å². The monoisotopic (exact) mass is 131 g/mol. The van der Waals surface area contributed by atoms with Crippen molar-refractivity contribution in [3.05, 3.63) is 11.0 Å². The molecule has 1 rings (SSSR count). The van der Waals surface area contributed by atoms with E-state index in [1.165, 1.54) is 5.41 Å². The highest BCUT2D eigenvalue weighted by atomic mass is 32.2. The van der Waals surface area contributed by atoms with Crippen LogP contribution in [0.4, 0.5) is 0 Å². The number of amides is 1. The summed E-state index contributed by atoms with van der Waals surface area (Å²) in [5, 5.41) is 1.39. The van der Waals surface area contributed by atoms with Gasteiger partial charge in [0.05, 0.1) is 0 Å². The molecule has 3 nitrogen and oxygen atoms in total. The Balaban J connectivity index is 2.88. The molecule has 0 radical (unpaired) electrons. The average molecular weight is 131 g/mol. The first-order chi connectivity index (χ1) is 3.70. The van der Waals surface area contributed by atoms with Crippen LogP contribution in [0.5, 0.6) is 0 Å². The number of nitrogens with one attached hydrogen (secondary N) is 1. The third-order valence-corrected chi connectivity index (χ3v) is 1.79. The van der Waals surface area contributed by atoms with Crippen LogP contribution in [0.15, 0.2) is 11.0 Å². The maximum absolute atomic E-state index is 10.4. The summed E-state index contributed by atoms with van der Waals surface area (Å²) in [5.74, 6) is -0.233. The molecular weight excluding hydrogens is 126 g/mol. The van der Waals surface area contributed by atoms with Crippen molar-refractivity contribution in [2.45, 2.75) is 6.92 Å². The first kappa shape index (κ1) is 5.50. The van der Waals surface area contributed by atoms with Crippen LogP contribution in [0.3, 0.4) is 0 Å². The highest BCUT2D eigenvalue weighted by Gasteiger charge is 2.14. The van der Waals surface area contributed by atoms with Crippen molar-refractivity contribution in [1.82, 2.24) is 4.72 Å². The maximum atomic E-state index is 10.4. The Bertz CT molecular complexity index is 184. The van der Waals surface area contributed by atoms with E-state index in [0.29, 0.717) is 5.57 Å². The molecule has 44 valence electrons. The molecule has 1 heterocycles. The Morgan fingerprint density at radius 2 is 2.38 bits per heavy atom. The summed E-state index contributed by atoms with van der Waals surface area (Å²) in [6.07, 6.45) is 0. The standard InChI is InChI=1S/C4H5NO2S/c1-3-2-8(7)5-4(3)6/h2H,1H3,(H,5,6). The Morgan fingerprint density at radius 3 is 2.50 bits per heavy atom. The fraction of sp³-hybridized carbons (Fsp3) is 0.250. The summed E-state index contributed by atoms with van der Waals surface area (Å²) in [7, 11) is -1.24. The van der Waals surface area contributed by atoms with Crippen molar-refractivity contribution in [3.63, 3.8) is 0 Å². The van der Waals surface area contributed by atoms with Crippen LogP contribution in [0, 0.1) is 0 Å². The van der Waals surface area contributed by atoms with Gasteiger partial charge in [-0.3, -0.25) is 9.52 Å². The van der Waals surface area contributed by atoms with Gasteiger partial charge in [-0.2, -0.15) is 0 Å². The highest BCUT2D eigenvalue weighted by molar-refractivity contribution is 7.87. The minimum atomic E-state index is -1.24. The fourth-order valence-electron chi connectivity index (χ4n) is 0.415. The summed E-state index contributed by atoms with van der Waals surface area (Å²) in [4.78, 5) is 10.4. The molecule has 8 heavy (non-hydrogen) atoms. The van der Waals surface area contributed by atoms with Gasteiger partial charge in [0.25, 0.3) is 5.91 Å². The summed E-state index contributed by atoms with van der Waals surface area (Å²) in [5.41, 5.74) is 0.531. The molecule has 0 saturated heterocycles. The summed E-state index contributed by atoms with van der Waals surface area (Å²) >= 11 is 0. The second kappa shape index (κ2) is 1.70. The van der Waals surface area contributed by atoms with Crippen molar-refractivity contribution < 1.29 is 9.00 Å². The van der Waals surface area contributed by atoms with Gasteiger partial charge in [-0.1, -0.05) is 0 Å². The van der Waals surface area contributed by atoms with Crippen molar-refractivity contribution in [2.75, 3.05) is 0 Å². The molecule has 4 heteroatoms. The molecular formula is C4H5NO2S. The lowest BCUT2D eigenvalue weighted by atomic mass is 10.3. The Hall–Kier alpha value is -0.640. The molecule has 1 atom stereocenters. The van der Waals surface area contributed by atoms with E-state index in [1.54, 1.807) is 6.92 Å². The number of rotatable bonds is 0. The van der Waals surface area contributed by atoms with Gasteiger partial charge in [0.1, 0.15) is 11.0 Å². The average Bonchev–Trinajstić information content (AvgIpc) is 1.85. The van der Waals surface area contributed by atoms with Crippen LogP contribution in [0.1, 0.15) is 6.92 Å². The lowest BCUT2D eigenvalue weighted by Crippen LogP contribution is -2.16. The van der Waals surface area contributed by atoms with Crippen LogP contribution in [-0.2, 0) is 15.8 Å². The highest BCUT2D eigenvalue weighted by Crippen LogP contribution is 2.01. The zero-order valence-corrected chi connectivity index (χ0v) is 5.12. The first-order valence-electron chi connectivity index (χ1n) is 2.10. The van der Waals surface area contributed by atoms with E-state index in [2.05, 4.69) is 4.72 Å². The minimum absolute atomic E-state index is 0.233. The second-order valence-corrected chi connectivity index (χ2v) is 2.56. The zero-order valence-electron chi connectivity index (χ0n) is 4.30.